The van der Waals surface area contributed by atoms with E-state index in [0.717, 1.165) is 25.8 Å². The quantitative estimate of drug-likeness (QED) is 0.574. The Kier molecular flexibility index (Phi) is 3.12. The van der Waals surface area contributed by atoms with Crippen molar-refractivity contribution in [3.05, 3.63) is 0 Å². The molecule has 0 aromatic heterocycles. The van der Waals surface area contributed by atoms with E-state index < -0.39 is 0 Å². The maximum Gasteiger partial charge on any atom is 0.134 e. The van der Waals surface area contributed by atoms with E-state index in [0.29, 0.717) is 11.8 Å². The summed E-state index contributed by atoms with van der Waals surface area (Å²) in [5.74, 6) is 0.430. The standard InChI is InChI=1S/C11H21NO/c1-9-8-10(13)6-5-7-12(9)11(2,3)4/h9H,5-8H2,1-4H3. The third-order valence-corrected chi connectivity index (χ3v) is 2.77. The number of carbonyl (C=O) groups is 1. The molecule has 1 rings (SSSR count). The normalized spacial score (nSPS) is 27.4. The summed E-state index contributed by atoms with van der Waals surface area (Å²) >= 11 is 0. The van der Waals surface area contributed by atoms with Gasteiger partial charge in [-0.1, -0.05) is 0 Å². The minimum atomic E-state index is 0.198. The largest absolute Gasteiger partial charge is 0.300 e. The summed E-state index contributed by atoms with van der Waals surface area (Å²) in [6, 6.07) is 0.412. The lowest BCUT2D eigenvalue weighted by atomic mass is 10.0. The smallest absolute Gasteiger partial charge is 0.134 e. The molecule has 0 aromatic carbocycles. The zero-order valence-corrected chi connectivity index (χ0v) is 9.26. The maximum absolute atomic E-state index is 11.3. The van der Waals surface area contributed by atoms with E-state index in [1.54, 1.807) is 0 Å². The van der Waals surface area contributed by atoms with Crippen LogP contribution in [0.3, 0.4) is 0 Å². The van der Waals surface area contributed by atoms with Gasteiger partial charge < -0.3 is 0 Å². The molecule has 1 saturated heterocycles. The second-order valence-electron chi connectivity index (χ2n) is 5.06. The topological polar surface area (TPSA) is 20.3 Å². The number of rotatable bonds is 0. The molecule has 0 aliphatic carbocycles. The number of hydrogen-bond donors (Lipinski definition) is 0. The van der Waals surface area contributed by atoms with E-state index in [1.165, 1.54) is 0 Å². The van der Waals surface area contributed by atoms with Crippen molar-refractivity contribution in [2.24, 2.45) is 0 Å². The molecule has 1 atom stereocenters. The average molecular weight is 183 g/mol. The molecule has 0 aromatic rings. The van der Waals surface area contributed by atoms with Crippen molar-refractivity contribution in [3.63, 3.8) is 0 Å². The van der Waals surface area contributed by atoms with E-state index in [9.17, 15) is 4.79 Å². The zero-order valence-electron chi connectivity index (χ0n) is 9.26. The first-order valence-electron chi connectivity index (χ1n) is 5.19. The van der Waals surface area contributed by atoms with Crippen molar-refractivity contribution < 1.29 is 4.79 Å². The fourth-order valence-corrected chi connectivity index (χ4v) is 2.21. The van der Waals surface area contributed by atoms with Gasteiger partial charge in [-0.3, -0.25) is 9.69 Å². The second kappa shape index (κ2) is 3.79. The van der Waals surface area contributed by atoms with Crippen LogP contribution in [0, 0.1) is 0 Å². The first kappa shape index (κ1) is 10.7. The molecule has 2 nitrogen and oxygen atoms in total. The van der Waals surface area contributed by atoms with Crippen molar-refractivity contribution in [2.45, 2.75) is 58.5 Å². The molecule has 0 bridgehead atoms. The van der Waals surface area contributed by atoms with Crippen molar-refractivity contribution in [1.82, 2.24) is 4.90 Å². The van der Waals surface area contributed by atoms with Gasteiger partial charge in [-0.05, 0) is 40.7 Å². The van der Waals surface area contributed by atoms with Crippen LogP contribution in [-0.4, -0.2) is 28.8 Å². The minimum Gasteiger partial charge on any atom is -0.300 e. The van der Waals surface area contributed by atoms with Crippen LogP contribution in [0.1, 0.15) is 47.0 Å². The predicted octanol–water partition coefficient (Wildman–Crippen LogP) is 2.23. The van der Waals surface area contributed by atoms with Gasteiger partial charge >= 0.3 is 0 Å². The molecule has 0 radical (unpaired) electrons. The van der Waals surface area contributed by atoms with Gasteiger partial charge in [0.1, 0.15) is 5.78 Å². The third-order valence-electron chi connectivity index (χ3n) is 2.77. The Morgan fingerprint density at radius 1 is 1.38 bits per heavy atom. The maximum atomic E-state index is 11.3. The van der Waals surface area contributed by atoms with Gasteiger partial charge in [-0.25, -0.2) is 0 Å². The zero-order chi connectivity index (χ0) is 10.1. The highest BCUT2D eigenvalue weighted by atomic mass is 16.1. The highest BCUT2D eigenvalue weighted by Gasteiger charge is 2.29. The van der Waals surface area contributed by atoms with Crippen LogP contribution < -0.4 is 0 Å². The third kappa shape index (κ3) is 2.80. The van der Waals surface area contributed by atoms with Gasteiger partial charge in [0.2, 0.25) is 0 Å². The summed E-state index contributed by atoms with van der Waals surface area (Å²) in [6.45, 7) is 9.89. The molecule has 0 N–H and O–H groups in total. The molecule has 13 heavy (non-hydrogen) atoms. The summed E-state index contributed by atoms with van der Waals surface area (Å²) in [5.41, 5.74) is 0.198. The predicted molar refractivity (Wildman–Crippen MR) is 54.8 cm³/mol. The highest BCUT2D eigenvalue weighted by Crippen LogP contribution is 2.22. The Morgan fingerprint density at radius 3 is 2.54 bits per heavy atom. The molecular weight excluding hydrogens is 162 g/mol. The molecular formula is C11H21NO. The molecule has 0 amide bonds. The average Bonchev–Trinajstić information content (AvgIpc) is 2.08. The minimum absolute atomic E-state index is 0.198. The van der Waals surface area contributed by atoms with Gasteiger partial charge in [-0.15, -0.1) is 0 Å². The highest BCUT2D eigenvalue weighted by molar-refractivity contribution is 5.79. The number of likely N-dealkylation sites (tertiary alicyclic amines) is 1. The lowest BCUT2D eigenvalue weighted by Gasteiger charge is -2.39. The van der Waals surface area contributed by atoms with Crippen LogP contribution in [0.25, 0.3) is 0 Å². The van der Waals surface area contributed by atoms with Crippen LogP contribution in [0.15, 0.2) is 0 Å². The van der Waals surface area contributed by atoms with Crippen LogP contribution in [-0.2, 0) is 4.79 Å². The summed E-state index contributed by atoms with van der Waals surface area (Å²) < 4.78 is 0. The monoisotopic (exact) mass is 183 g/mol. The molecule has 0 saturated carbocycles. The first-order chi connectivity index (χ1) is 5.91. The Labute approximate surface area is 81.3 Å². The van der Waals surface area contributed by atoms with E-state index in [1.807, 2.05) is 0 Å². The van der Waals surface area contributed by atoms with Crippen LogP contribution >= 0.6 is 0 Å². The van der Waals surface area contributed by atoms with E-state index in [4.69, 9.17) is 0 Å². The molecule has 1 aliphatic heterocycles. The fourth-order valence-electron chi connectivity index (χ4n) is 2.21. The van der Waals surface area contributed by atoms with Gasteiger partial charge in [0.05, 0.1) is 0 Å². The first-order valence-corrected chi connectivity index (χ1v) is 5.19. The van der Waals surface area contributed by atoms with Crippen LogP contribution in [0.2, 0.25) is 0 Å². The summed E-state index contributed by atoms with van der Waals surface area (Å²) in [6.07, 6.45) is 2.54. The number of nitrogens with zero attached hydrogens (tertiary/aromatic N) is 1. The van der Waals surface area contributed by atoms with Crippen molar-refractivity contribution in [2.75, 3.05) is 6.54 Å². The van der Waals surface area contributed by atoms with Gasteiger partial charge in [0.15, 0.2) is 0 Å². The molecule has 1 fully saturated rings. The molecule has 76 valence electrons. The number of hydrogen-bond acceptors (Lipinski definition) is 2. The van der Waals surface area contributed by atoms with Crippen LogP contribution in [0.4, 0.5) is 0 Å². The number of Topliss-reactive ketones (excluding diaryl/α,β-unsaturated/α-hetero) is 1. The Balaban J connectivity index is 2.69. The summed E-state index contributed by atoms with van der Waals surface area (Å²) in [7, 11) is 0. The van der Waals surface area contributed by atoms with E-state index in [2.05, 4.69) is 32.6 Å². The molecule has 1 heterocycles. The lowest BCUT2D eigenvalue weighted by Crippen LogP contribution is -2.46. The molecule has 1 unspecified atom stereocenters. The van der Waals surface area contributed by atoms with Crippen molar-refractivity contribution >= 4 is 5.78 Å². The van der Waals surface area contributed by atoms with E-state index >= 15 is 0 Å². The number of carbonyl (C=O) groups excluding carboxylic acids is 1. The second-order valence-corrected chi connectivity index (χ2v) is 5.06. The Morgan fingerprint density at radius 2 is 2.00 bits per heavy atom. The number of ketones is 1. The molecule has 2 heteroatoms. The Bertz CT molecular complexity index is 193. The fraction of sp³-hybridized carbons (Fsp3) is 0.909. The summed E-state index contributed by atoms with van der Waals surface area (Å²) in [5, 5.41) is 0. The summed E-state index contributed by atoms with van der Waals surface area (Å²) in [4.78, 5) is 13.8. The van der Waals surface area contributed by atoms with Gasteiger partial charge in [0.25, 0.3) is 0 Å². The van der Waals surface area contributed by atoms with Gasteiger partial charge in [-0.2, -0.15) is 0 Å². The van der Waals surface area contributed by atoms with Crippen molar-refractivity contribution in [3.8, 4) is 0 Å². The van der Waals surface area contributed by atoms with Crippen LogP contribution in [0.5, 0.6) is 0 Å². The van der Waals surface area contributed by atoms with Crippen molar-refractivity contribution in [1.29, 1.82) is 0 Å². The molecule has 1 aliphatic rings. The Hall–Kier alpha value is -0.370. The van der Waals surface area contributed by atoms with Gasteiger partial charge in [0, 0.05) is 24.4 Å². The molecule has 0 spiro atoms. The lowest BCUT2D eigenvalue weighted by molar-refractivity contribution is -0.119. The SMILES string of the molecule is CC1CC(=O)CCCN1C(C)(C)C. The van der Waals surface area contributed by atoms with E-state index in [-0.39, 0.29) is 5.54 Å².